The molecule has 0 saturated heterocycles. The zero-order valence-electron chi connectivity index (χ0n) is 15.5. The minimum absolute atomic E-state index is 0.0322. The van der Waals surface area contributed by atoms with Gasteiger partial charge in [0.25, 0.3) is 0 Å². The molecule has 4 rings (SSSR count). The number of fused-ring (bicyclic) bond motifs is 1. The molecule has 0 bridgehead atoms. The molecule has 2 atom stereocenters. The molecule has 6 nitrogen and oxygen atoms in total. The van der Waals surface area contributed by atoms with Crippen molar-refractivity contribution in [2.24, 2.45) is 0 Å². The highest BCUT2D eigenvalue weighted by molar-refractivity contribution is 8.00. The summed E-state index contributed by atoms with van der Waals surface area (Å²) < 4.78 is 1.39. The van der Waals surface area contributed by atoms with Crippen molar-refractivity contribution in [3.8, 4) is 11.4 Å². The largest absolute Gasteiger partial charge is 0.335 e. The van der Waals surface area contributed by atoms with E-state index >= 15 is 0 Å². The number of carbonyl (C=O) groups is 1. The summed E-state index contributed by atoms with van der Waals surface area (Å²) in [6.07, 6.45) is 0.864. The monoisotopic (exact) mass is 413 g/mol. The lowest BCUT2D eigenvalue weighted by Crippen LogP contribution is -2.40. The number of hydrogen-bond donors (Lipinski definition) is 1. The lowest BCUT2D eigenvalue weighted by molar-refractivity contribution is -0.118. The summed E-state index contributed by atoms with van der Waals surface area (Å²) >= 11 is 7.54. The van der Waals surface area contributed by atoms with E-state index in [4.69, 9.17) is 17.4 Å². The highest BCUT2D eigenvalue weighted by atomic mass is 35.5. The molecule has 1 aliphatic rings. The van der Waals surface area contributed by atoms with E-state index < -0.39 is 0 Å². The molecule has 0 aliphatic carbocycles. The Morgan fingerprint density at radius 2 is 1.93 bits per heavy atom. The van der Waals surface area contributed by atoms with Gasteiger partial charge in [0.05, 0.1) is 10.3 Å². The fourth-order valence-corrected chi connectivity index (χ4v) is 4.53. The molecule has 1 amide bonds. The van der Waals surface area contributed by atoms with E-state index in [2.05, 4.69) is 23.2 Å². The number of rotatable bonds is 4. The lowest BCUT2D eigenvalue weighted by Gasteiger charge is -2.25. The van der Waals surface area contributed by atoms with Gasteiger partial charge in [-0.3, -0.25) is 4.79 Å². The average molecular weight is 414 g/mol. The van der Waals surface area contributed by atoms with Crippen molar-refractivity contribution < 1.29 is 4.79 Å². The van der Waals surface area contributed by atoms with Crippen LogP contribution in [0.25, 0.3) is 11.4 Å². The fourth-order valence-electron chi connectivity index (χ4n) is 3.49. The summed E-state index contributed by atoms with van der Waals surface area (Å²) in [4.78, 5) is 15.0. The summed E-state index contributed by atoms with van der Waals surface area (Å²) in [5.74, 6) is 6.69. The van der Waals surface area contributed by atoms with E-state index in [0.29, 0.717) is 21.6 Å². The standard InChI is InChI=1S/C20H20ClN5OS/c1-12-11-14-7-3-6-10-17(14)25(12)19(27)13(2)28-20-24-23-18(26(20)22)15-8-4-5-9-16(15)21/h3-10,12-13H,11,22H2,1-2H3/t12-,13+/m0/s1. The summed E-state index contributed by atoms with van der Waals surface area (Å²) in [6, 6.07) is 15.5. The molecule has 2 heterocycles. The first-order chi connectivity index (χ1) is 13.5. The minimum atomic E-state index is -0.362. The van der Waals surface area contributed by atoms with E-state index in [1.54, 1.807) is 6.07 Å². The first kappa shape index (κ1) is 18.8. The number of aromatic nitrogens is 3. The van der Waals surface area contributed by atoms with Gasteiger partial charge in [-0.2, -0.15) is 0 Å². The highest BCUT2D eigenvalue weighted by Gasteiger charge is 2.34. The Morgan fingerprint density at radius 1 is 1.21 bits per heavy atom. The molecule has 8 heteroatoms. The Labute approximate surface area is 172 Å². The highest BCUT2D eigenvalue weighted by Crippen LogP contribution is 2.35. The Balaban J connectivity index is 1.56. The topological polar surface area (TPSA) is 77.0 Å². The van der Waals surface area contributed by atoms with Crippen LogP contribution in [0.1, 0.15) is 19.4 Å². The number of nitrogens with zero attached hydrogens (tertiary/aromatic N) is 4. The molecule has 3 aromatic rings. The van der Waals surface area contributed by atoms with Crippen molar-refractivity contribution in [2.45, 2.75) is 36.7 Å². The van der Waals surface area contributed by atoms with Crippen molar-refractivity contribution >= 4 is 35.0 Å². The second-order valence-electron chi connectivity index (χ2n) is 6.81. The zero-order chi connectivity index (χ0) is 19.8. The van der Waals surface area contributed by atoms with Crippen LogP contribution in [0.2, 0.25) is 5.02 Å². The molecular weight excluding hydrogens is 394 g/mol. The van der Waals surface area contributed by atoms with Crippen LogP contribution in [0.3, 0.4) is 0 Å². The van der Waals surface area contributed by atoms with Crippen molar-refractivity contribution in [2.75, 3.05) is 10.7 Å². The minimum Gasteiger partial charge on any atom is -0.335 e. The number of carbonyl (C=O) groups excluding carboxylic acids is 1. The van der Waals surface area contributed by atoms with Crippen LogP contribution in [0.15, 0.2) is 53.7 Å². The Kier molecular flexibility index (Phi) is 5.03. The molecule has 0 fully saturated rings. The Bertz CT molecular complexity index is 1040. The molecule has 28 heavy (non-hydrogen) atoms. The Hall–Kier alpha value is -2.51. The van der Waals surface area contributed by atoms with Gasteiger partial charge in [-0.25, -0.2) is 4.68 Å². The van der Waals surface area contributed by atoms with Gasteiger partial charge in [0.1, 0.15) is 0 Å². The maximum atomic E-state index is 13.2. The molecule has 0 saturated carbocycles. The fraction of sp³-hybridized carbons (Fsp3) is 0.250. The predicted molar refractivity (Wildman–Crippen MR) is 113 cm³/mol. The van der Waals surface area contributed by atoms with Crippen molar-refractivity contribution in [1.29, 1.82) is 0 Å². The van der Waals surface area contributed by atoms with Crippen molar-refractivity contribution in [3.63, 3.8) is 0 Å². The predicted octanol–water partition coefficient (Wildman–Crippen LogP) is 3.77. The SMILES string of the molecule is C[C@@H](Sc1nnc(-c2ccccc2Cl)n1N)C(=O)N1c2ccccc2C[C@@H]1C. The molecule has 144 valence electrons. The first-order valence-corrected chi connectivity index (χ1v) is 10.3. The average Bonchev–Trinajstić information content (AvgIpc) is 3.21. The van der Waals surface area contributed by atoms with E-state index in [1.165, 1.54) is 22.0 Å². The van der Waals surface area contributed by atoms with Crippen LogP contribution in [-0.4, -0.2) is 32.1 Å². The number of halogens is 1. The molecule has 0 unspecified atom stereocenters. The van der Waals surface area contributed by atoms with Crippen LogP contribution in [0, 0.1) is 0 Å². The van der Waals surface area contributed by atoms with Crippen LogP contribution in [-0.2, 0) is 11.2 Å². The van der Waals surface area contributed by atoms with E-state index in [1.807, 2.05) is 48.2 Å². The third-order valence-electron chi connectivity index (χ3n) is 4.85. The van der Waals surface area contributed by atoms with Gasteiger partial charge in [0.2, 0.25) is 11.1 Å². The van der Waals surface area contributed by atoms with Gasteiger partial charge in [0, 0.05) is 17.3 Å². The number of anilines is 1. The van der Waals surface area contributed by atoms with Gasteiger partial charge in [0.15, 0.2) is 5.82 Å². The van der Waals surface area contributed by atoms with Gasteiger partial charge in [-0.05, 0) is 44.0 Å². The Morgan fingerprint density at radius 3 is 2.71 bits per heavy atom. The van der Waals surface area contributed by atoms with Crippen LogP contribution >= 0.6 is 23.4 Å². The number of thioether (sulfide) groups is 1. The summed E-state index contributed by atoms with van der Waals surface area (Å²) in [7, 11) is 0. The molecule has 0 spiro atoms. The quantitative estimate of drug-likeness (QED) is 0.520. The van der Waals surface area contributed by atoms with Crippen molar-refractivity contribution in [3.05, 3.63) is 59.1 Å². The van der Waals surface area contributed by atoms with Gasteiger partial charge >= 0.3 is 0 Å². The summed E-state index contributed by atoms with van der Waals surface area (Å²) in [5, 5.41) is 8.99. The molecule has 2 aromatic carbocycles. The van der Waals surface area contributed by atoms with E-state index in [0.717, 1.165) is 12.1 Å². The second kappa shape index (κ2) is 7.48. The summed E-state index contributed by atoms with van der Waals surface area (Å²) in [5.41, 5.74) is 2.88. The van der Waals surface area contributed by atoms with Crippen LogP contribution in [0.5, 0.6) is 0 Å². The maximum Gasteiger partial charge on any atom is 0.240 e. The molecule has 2 N–H and O–H groups in total. The first-order valence-electron chi connectivity index (χ1n) is 9.00. The third kappa shape index (κ3) is 3.25. The van der Waals surface area contributed by atoms with E-state index in [9.17, 15) is 4.79 Å². The number of nitrogens with two attached hydrogens (primary N) is 1. The smallest absolute Gasteiger partial charge is 0.240 e. The number of amides is 1. The zero-order valence-corrected chi connectivity index (χ0v) is 17.1. The molecule has 1 aliphatic heterocycles. The van der Waals surface area contributed by atoms with Crippen LogP contribution < -0.4 is 10.7 Å². The second-order valence-corrected chi connectivity index (χ2v) is 8.52. The summed E-state index contributed by atoms with van der Waals surface area (Å²) in [6.45, 7) is 3.93. The van der Waals surface area contributed by atoms with Crippen molar-refractivity contribution in [1.82, 2.24) is 14.9 Å². The molecular formula is C20H20ClN5OS. The van der Waals surface area contributed by atoms with Gasteiger partial charge in [-0.15, -0.1) is 10.2 Å². The number of nitrogen functional groups attached to an aromatic ring is 1. The lowest BCUT2D eigenvalue weighted by atomic mass is 10.1. The van der Waals surface area contributed by atoms with Crippen LogP contribution in [0.4, 0.5) is 5.69 Å². The van der Waals surface area contributed by atoms with Gasteiger partial charge in [-0.1, -0.05) is 53.7 Å². The van der Waals surface area contributed by atoms with E-state index in [-0.39, 0.29) is 17.2 Å². The number of hydrogen-bond acceptors (Lipinski definition) is 5. The molecule has 1 aromatic heterocycles. The van der Waals surface area contributed by atoms with Gasteiger partial charge < -0.3 is 10.7 Å². The normalized spacial score (nSPS) is 16.8. The number of benzene rings is 2. The number of para-hydroxylation sites is 1. The molecule has 0 radical (unpaired) electrons. The third-order valence-corrected chi connectivity index (χ3v) is 6.23. The maximum absolute atomic E-state index is 13.2.